The molecule has 0 amide bonds. The molecule has 0 saturated heterocycles. The van der Waals surface area contributed by atoms with E-state index in [1.807, 2.05) is 0 Å². The molecule has 0 aliphatic carbocycles. The quantitative estimate of drug-likeness (QED) is 0.0185. The Morgan fingerprint density at radius 3 is 0.828 bits per heavy atom. The van der Waals surface area contributed by atoms with Gasteiger partial charge in [-0.1, -0.05) is 36.4 Å². The van der Waals surface area contributed by atoms with Crippen molar-refractivity contribution in [1.82, 2.24) is 29.9 Å². The predicted octanol–water partition coefficient (Wildman–Crippen LogP) is 7.79. The largest absolute Gasteiger partial charge is 0.505 e. The Morgan fingerprint density at radius 2 is 0.543 bits per heavy atom. The van der Waals surface area contributed by atoms with E-state index in [2.05, 4.69) is 71.6 Å². The first-order chi connectivity index (χ1) is 50.1. The van der Waals surface area contributed by atoms with Gasteiger partial charge in [0, 0.05) is 303 Å². The molecule has 12 rings (SSSR count). The number of azo groups is 2. The molecule has 0 bridgehead atoms. The van der Waals surface area contributed by atoms with Crippen molar-refractivity contribution in [2.75, 3.05) is 21.3 Å². The number of fused-ring (bicyclic) bond motifs is 4. The molecule has 8 radical (unpaired) electrons. The minimum atomic E-state index is -5.34. The minimum absolute atomic E-state index is 0. The average Bonchev–Trinajstić information content (AvgIpc) is 0.766. The van der Waals surface area contributed by atoms with Crippen LogP contribution in [0.3, 0.4) is 0 Å². The van der Waals surface area contributed by atoms with Gasteiger partial charge in [-0.15, -0.1) is 10.2 Å². The molecule has 0 atom stereocenters. The summed E-state index contributed by atoms with van der Waals surface area (Å²) in [5, 5.41) is 45.1. The number of phenolic OH excluding ortho intramolecular Hbond substituents is 2. The van der Waals surface area contributed by atoms with Gasteiger partial charge in [-0.25, -0.2) is 0 Å². The summed E-state index contributed by atoms with van der Waals surface area (Å²) in [6.07, 6.45) is 0. The van der Waals surface area contributed by atoms with E-state index >= 15 is 0 Å². The van der Waals surface area contributed by atoms with Crippen LogP contribution in [0.2, 0.25) is 10.6 Å². The summed E-state index contributed by atoms with van der Waals surface area (Å²) in [5.74, 6) is -3.48. The van der Waals surface area contributed by atoms with Gasteiger partial charge in [0.2, 0.25) is 34.4 Å². The maximum atomic E-state index is 13.1. The third-order valence-electron chi connectivity index (χ3n) is 15.2. The van der Waals surface area contributed by atoms with E-state index in [1.54, 1.807) is 0 Å². The minimum Gasteiger partial charge on any atom is -0.505 e. The second-order valence-electron chi connectivity index (χ2n) is 22.2. The second-order valence-corrected chi connectivity index (χ2v) is 34.0. The molecule has 12 aromatic rings. The molecule has 0 aliphatic heterocycles. The first-order valence-electron chi connectivity index (χ1n) is 28.7. The van der Waals surface area contributed by atoms with Crippen LogP contribution in [0.5, 0.6) is 11.5 Å². The van der Waals surface area contributed by atoms with E-state index in [4.69, 9.17) is 23.2 Å². The number of nitrogens with zero attached hydrogens (tertiary/aromatic N) is 10. The van der Waals surface area contributed by atoms with E-state index < -0.39 is 199 Å². The number of anilines is 8. The zero-order chi connectivity index (χ0) is 78.5. The number of hydrogen-bond acceptors (Lipinski definition) is 32. The van der Waals surface area contributed by atoms with E-state index in [-0.39, 0.29) is 303 Å². The fourth-order valence-electron chi connectivity index (χ4n) is 10.8. The summed E-state index contributed by atoms with van der Waals surface area (Å²) in [4.78, 5) is 16.7. The van der Waals surface area contributed by atoms with Crippen molar-refractivity contribution in [3.8, 4) is 22.6 Å². The number of phenols is 2. The molecule has 0 aliphatic rings. The van der Waals surface area contributed by atoms with E-state index in [0.717, 1.165) is 97.1 Å². The first-order valence-corrected chi connectivity index (χ1v) is 41.0. The van der Waals surface area contributed by atoms with Gasteiger partial charge in [0.1, 0.15) is 50.5 Å². The number of hydrogen-bond donors (Lipinski definition) is 14. The topological polar surface area (TPSA) is 650 Å². The Hall–Kier alpha value is -2.88. The van der Waals surface area contributed by atoms with E-state index in [1.165, 1.54) is 36.4 Å². The monoisotopic (exact) mass is 1860 g/mol. The van der Waals surface area contributed by atoms with Crippen LogP contribution in [0.4, 0.5) is 69.3 Å². The van der Waals surface area contributed by atoms with Crippen LogP contribution in [0.15, 0.2) is 205 Å². The molecule has 2 aromatic heterocycles. The first kappa shape index (κ1) is 105. The van der Waals surface area contributed by atoms with Crippen LogP contribution in [0, 0.1) is 0 Å². The van der Waals surface area contributed by atoms with Crippen molar-refractivity contribution in [3.63, 3.8) is 0 Å². The van der Waals surface area contributed by atoms with Gasteiger partial charge in [-0.05, 0) is 143 Å². The van der Waals surface area contributed by atoms with Crippen LogP contribution in [-0.4, -0.2) is 380 Å². The smallest absolute Gasteiger partial charge is 0.296 e. The zero-order valence-electron chi connectivity index (χ0n) is 60.4. The van der Waals surface area contributed by atoms with Gasteiger partial charge in [0.05, 0.1) is 11.4 Å². The molecule has 0 saturated carbocycles. The van der Waals surface area contributed by atoms with Crippen LogP contribution in [-0.2, 0) is 80.9 Å². The Bertz CT molecular complexity index is 6650. The van der Waals surface area contributed by atoms with Gasteiger partial charge in [0.25, 0.3) is 80.9 Å². The predicted molar refractivity (Wildman–Crippen MR) is 427 cm³/mol. The molecular formula is C58H38Cl2N14Na8O26S8. The number of aromatic nitrogens is 6. The Morgan fingerprint density at radius 1 is 0.267 bits per heavy atom. The van der Waals surface area contributed by atoms with E-state index in [9.17, 15) is 114 Å². The van der Waals surface area contributed by atoms with Crippen molar-refractivity contribution in [2.24, 2.45) is 20.5 Å². The number of benzene rings is 10. The van der Waals surface area contributed by atoms with Gasteiger partial charge in [-0.3, -0.25) is 36.4 Å². The zero-order valence-corrected chi connectivity index (χ0v) is 84.4. The average molecular weight is 1860 g/mol. The van der Waals surface area contributed by atoms with Gasteiger partial charge >= 0.3 is 0 Å². The van der Waals surface area contributed by atoms with Crippen molar-refractivity contribution >= 4 is 453 Å². The molecule has 58 heteroatoms. The molecule has 10 aromatic carbocycles. The third-order valence-corrected chi connectivity index (χ3v) is 22.6. The van der Waals surface area contributed by atoms with Crippen molar-refractivity contribution in [2.45, 2.75) is 39.2 Å². The molecule has 14 N–H and O–H groups in total. The maximum Gasteiger partial charge on any atom is 0.296 e. The maximum absolute atomic E-state index is 13.1. The summed E-state index contributed by atoms with van der Waals surface area (Å²) >= 11 is 12.5. The van der Waals surface area contributed by atoms with Gasteiger partial charge in [0.15, 0.2) is 11.5 Å². The molecule has 0 spiro atoms. The third kappa shape index (κ3) is 24.4. The fraction of sp³-hybridized carbons (Fsp3) is 0. The van der Waals surface area contributed by atoms with Crippen LogP contribution < -0.4 is 21.3 Å². The van der Waals surface area contributed by atoms with Crippen LogP contribution in [0.25, 0.3) is 54.2 Å². The normalized spacial score (nSPS) is 12.1. The van der Waals surface area contributed by atoms with Crippen molar-refractivity contribution < 1.29 is 114 Å². The Labute approximate surface area is 842 Å². The fourth-order valence-corrected chi connectivity index (χ4v) is 16.7. The Balaban J connectivity index is 0.00000354. The molecule has 2 heterocycles. The molecule has 40 nitrogen and oxygen atoms in total. The summed E-state index contributed by atoms with van der Waals surface area (Å²) in [6.45, 7) is 0. The van der Waals surface area contributed by atoms with Crippen LogP contribution >= 0.6 is 23.2 Å². The van der Waals surface area contributed by atoms with Crippen molar-refractivity contribution in [3.05, 3.63) is 156 Å². The van der Waals surface area contributed by atoms with Crippen molar-refractivity contribution in [1.29, 1.82) is 0 Å². The molecule has 0 unspecified atom stereocenters. The van der Waals surface area contributed by atoms with E-state index in [0.29, 0.717) is 12.1 Å². The SMILES string of the molecule is O=S(=O)(O)c1cc(Nc2nc(Cl)nc(Nc3ccc4c(O)c(N=Nc5cc(S(=O)(=O)O)c6cccc(S(=O)(=O)O)c6c5)c(S(=O)(=O)O)cc4c3)n2)ccc1-c1ccc(Nc2nc(Cl)nc(Nc3ccc4c(O)c(N=Nc5cc(S(=O)(=O)O)c6cccc(S(=O)(=O)O)c6c5)c(S(=O)(=O)O)cc4c3)n2)cc1S(=O)(=O)O.[Na].[Na].[Na].[Na].[Na].[Na].[Na].[Na]. The van der Waals surface area contributed by atoms with Crippen LogP contribution in [0.1, 0.15) is 0 Å². The summed E-state index contributed by atoms with van der Waals surface area (Å²) in [7, 11) is -41.7. The molecular weight excluding hydrogens is 1820 g/mol. The number of aromatic hydroxyl groups is 2. The van der Waals surface area contributed by atoms with Gasteiger partial charge in [-0.2, -0.15) is 107 Å². The van der Waals surface area contributed by atoms with Gasteiger partial charge < -0.3 is 31.5 Å². The number of nitrogens with one attached hydrogen (secondary N) is 4. The standard InChI is InChI=1S/C58H38Cl2N14O26S8.8Na/c59-53-65-55(61-27-7-11-33-25(15-27)17-47(107(95,96)97)49(51(33)75)73-71-31-19-39-35(45(23-31)105(89,90)91)3-1-5-41(39)101(77,78)79)69-57(67-53)63-29-9-13-37(43(21-29)103(83,84)85)38-14-10-30(22-44(38)104(86,87)88)64-58-68-54(60)66-56(70-58)62-28-8-12-34-26(16-28)18-48(108(98,99)100)50(52(34)76)74-72-32-20-40-36(46(24-32)106(92,93)94)4-2-6-42(40)102(80,81)82;;;;;;;;/h1-24,75-76H,(H,77,78,79)(H,80,81,82)(H,83,84,85)(H,86,87,88)(H,89,90,91)(H,92,93,94)(H,95,96,97)(H,98,99,100)(H2,61,63,65,67,69)(H2,62,64,66,68,70);;;;;;;;. The number of halogens is 2. The molecule has 116 heavy (non-hydrogen) atoms. The summed E-state index contributed by atoms with van der Waals surface area (Å²) in [5.41, 5.74) is -4.43. The molecule has 0 fully saturated rings. The summed E-state index contributed by atoms with van der Waals surface area (Å²) < 4.78 is 283. The summed E-state index contributed by atoms with van der Waals surface area (Å²) in [6, 6.07) is 24.3. The molecule has 566 valence electrons. The number of rotatable bonds is 21. The Kier molecular flexibility index (Phi) is 36.7. The second kappa shape index (κ2) is 40.4.